The van der Waals surface area contributed by atoms with Gasteiger partial charge in [-0.15, -0.1) is 0 Å². The Bertz CT molecular complexity index is 711. The number of aryl methyl sites for hydroxylation is 1. The number of nitrogens with zero attached hydrogens (tertiary/aromatic N) is 1. The van der Waals surface area contributed by atoms with Crippen molar-refractivity contribution >= 4 is 17.3 Å². The predicted octanol–water partition coefficient (Wildman–Crippen LogP) is 3.48. The van der Waals surface area contributed by atoms with Crippen molar-refractivity contribution in [3.63, 3.8) is 0 Å². The number of benzene rings is 2. The molecule has 0 aliphatic carbocycles. The molecular weight excluding hydrogens is 296 g/mol. The van der Waals surface area contributed by atoms with Gasteiger partial charge in [-0.3, -0.25) is 14.9 Å². The lowest BCUT2D eigenvalue weighted by molar-refractivity contribution is -0.385. The Kier molecular flexibility index (Phi) is 5.30. The molecular formula is C17H18N2O4. The van der Waals surface area contributed by atoms with Crippen molar-refractivity contribution in [2.24, 2.45) is 0 Å². The number of rotatable bonds is 6. The highest BCUT2D eigenvalue weighted by Gasteiger charge is 2.11. The molecule has 2 aromatic carbocycles. The molecule has 2 aromatic rings. The third kappa shape index (κ3) is 4.54. The Morgan fingerprint density at radius 1 is 1.22 bits per heavy atom. The van der Waals surface area contributed by atoms with E-state index >= 15 is 0 Å². The van der Waals surface area contributed by atoms with Crippen LogP contribution in [0.4, 0.5) is 11.4 Å². The lowest BCUT2D eigenvalue weighted by Gasteiger charge is -2.07. The molecule has 6 heteroatoms. The Hall–Kier alpha value is -2.89. The van der Waals surface area contributed by atoms with Crippen LogP contribution in [-0.4, -0.2) is 17.4 Å². The van der Waals surface area contributed by atoms with E-state index in [1.165, 1.54) is 12.1 Å². The van der Waals surface area contributed by atoms with Crippen molar-refractivity contribution < 1.29 is 14.5 Å². The lowest BCUT2D eigenvalue weighted by Crippen LogP contribution is -2.14. The normalized spacial score (nSPS) is 10.2. The van der Waals surface area contributed by atoms with Gasteiger partial charge in [-0.1, -0.05) is 12.1 Å². The first-order valence-corrected chi connectivity index (χ1v) is 7.26. The highest BCUT2D eigenvalue weighted by molar-refractivity contribution is 5.92. The number of nitrogens with one attached hydrogen (secondary N) is 1. The summed E-state index contributed by atoms with van der Waals surface area (Å²) < 4.78 is 5.35. The first kappa shape index (κ1) is 16.5. The zero-order valence-electron chi connectivity index (χ0n) is 13.0. The number of hydrogen-bond acceptors (Lipinski definition) is 4. The van der Waals surface area contributed by atoms with Gasteiger partial charge in [-0.2, -0.15) is 0 Å². The molecule has 0 spiro atoms. The Morgan fingerprint density at radius 2 is 1.91 bits per heavy atom. The Balaban J connectivity index is 1.99. The van der Waals surface area contributed by atoms with E-state index in [9.17, 15) is 14.9 Å². The number of amides is 1. The van der Waals surface area contributed by atoms with Crippen LogP contribution in [0.5, 0.6) is 5.75 Å². The molecule has 0 saturated heterocycles. The second-order valence-electron chi connectivity index (χ2n) is 5.06. The summed E-state index contributed by atoms with van der Waals surface area (Å²) in [6.07, 6.45) is 0.225. The first-order valence-electron chi connectivity index (χ1n) is 7.26. The molecule has 0 saturated carbocycles. The van der Waals surface area contributed by atoms with Crippen LogP contribution in [0.1, 0.15) is 18.1 Å². The van der Waals surface area contributed by atoms with Gasteiger partial charge in [0.15, 0.2) is 0 Å². The Labute approximate surface area is 134 Å². The molecule has 0 radical (unpaired) electrons. The maximum Gasteiger partial charge on any atom is 0.272 e. The van der Waals surface area contributed by atoms with E-state index in [1.807, 2.05) is 31.2 Å². The van der Waals surface area contributed by atoms with Crippen molar-refractivity contribution in [1.82, 2.24) is 0 Å². The standard InChI is InChI=1S/C17H18N2O4/c1-3-23-15-7-4-13(5-8-15)11-17(20)18-14-6-9-16(19(21)22)12(2)10-14/h4-10H,3,11H2,1-2H3,(H,18,20). The minimum Gasteiger partial charge on any atom is -0.494 e. The van der Waals surface area contributed by atoms with Crippen LogP contribution in [0.15, 0.2) is 42.5 Å². The molecule has 1 N–H and O–H groups in total. The Morgan fingerprint density at radius 3 is 2.48 bits per heavy atom. The number of carbonyl (C=O) groups is 1. The SMILES string of the molecule is CCOc1ccc(CC(=O)Nc2ccc([N+](=O)[O-])c(C)c2)cc1. The topological polar surface area (TPSA) is 81.5 Å². The van der Waals surface area contributed by atoms with E-state index in [0.29, 0.717) is 17.9 Å². The molecule has 0 aromatic heterocycles. The summed E-state index contributed by atoms with van der Waals surface area (Å²) in [7, 11) is 0. The van der Waals surface area contributed by atoms with Crippen LogP contribution in [-0.2, 0) is 11.2 Å². The highest BCUT2D eigenvalue weighted by Crippen LogP contribution is 2.21. The van der Waals surface area contributed by atoms with Crippen molar-refractivity contribution in [1.29, 1.82) is 0 Å². The average Bonchev–Trinajstić information content (AvgIpc) is 2.49. The van der Waals surface area contributed by atoms with Gasteiger partial charge in [0.2, 0.25) is 5.91 Å². The number of nitro benzene ring substituents is 1. The molecule has 0 fully saturated rings. The summed E-state index contributed by atoms with van der Waals surface area (Å²) >= 11 is 0. The maximum absolute atomic E-state index is 12.0. The van der Waals surface area contributed by atoms with Crippen molar-refractivity contribution in [3.05, 3.63) is 63.7 Å². The van der Waals surface area contributed by atoms with E-state index in [1.54, 1.807) is 13.0 Å². The van der Waals surface area contributed by atoms with E-state index in [0.717, 1.165) is 11.3 Å². The van der Waals surface area contributed by atoms with Gasteiger partial charge in [0.1, 0.15) is 5.75 Å². The van der Waals surface area contributed by atoms with Gasteiger partial charge in [0.05, 0.1) is 18.0 Å². The smallest absolute Gasteiger partial charge is 0.272 e. The largest absolute Gasteiger partial charge is 0.494 e. The second-order valence-corrected chi connectivity index (χ2v) is 5.06. The van der Waals surface area contributed by atoms with Crippen molar-refractivity contribution in [2.75, 3.05) is 11.9 Å². The molecule has 0 atom stereocenters. The quantitative estimate of drug-likeness (QED) is 0.653. The van der Waals surface area contributed by atoms with E-state index < -0.39 is 4.92 Å². The third-order valence-electron chi connectivity index (χ3n) is 3.28. The van der Waals surface area contributed by atoms with Gasteiger partial charge in [0, 0.05) is 17.3 Å². The summed E-state index contributed by atoms with van der Waals surface area (Å²) in [6.45, 7) is 4.15. The molecule has 6 nitrogen and oxygen atoms in total. The predicted molar refractivity (Wildman–Crippen MR) is 87.8 cm³/mol. The van der Waals surface area contributed by atoms with Crippen LogP contribution in [0.3, 0.4) is 0 Å². The van der Waals surface area contributed by atoms with Crippen LogP contribution in [0, 0.1) is 17.0 Å². The molecule has 1 amide bonds. The van der Waals surface area contributed by atoms with Gasteiger partial charge in [-0.05, 0) is 43.7 Å². The number of carbonyl (C=O) groups excluding carboxylic acids is 1. The summed E-state index contributed by atoms with van der Waals surface area (Å²) in [4.78, 5) is 22.4. The molecule has 0 unspecified atom stereocenters. The molecule has 0 aliphatic rings. The van der Waals surface area contributed by atoms with E-state index in [4.69, 9.17) is 4.74 Å². The fraction of sp³-hybridized carbons (Fsp3) is 0.235. The van der Waals surface area contributed by atoms with Gasteiger partial charge in [0.25, 0.3) is 5.69 Å². The number of hydrogen-bond donors (Lipinski definition) is 1. The summed E-state index contributed by atoms with van der Waals surface area (Å²) in [5.74, 6) is 0.588. The molecule has 2 rings (SSSR count). The molecule has 23 heavy (non-hydrogen) atoms. The highest BCUT2D eigenvalue weighted by atomic mass is 16.6. The van der Waals surface area contributed by atoms with Crippen LogP contribution in [0.25, 0.3) is 0 Å². The zero-order valence-corrected chi connectivity index (χ0v) is 13.0. The third-order valence-corrected chi connectivity index (χ3v) is 3.28. The number of nitro groups is 1. The summed E-state index contributed by atoms with van der Waals surface area (Å²) in [5, 5.41) is 13.5. The van der Waals surface area contributed by atoms with Crippen LogP contribution >= 0.6 is 0 Å². The van der Waals surface area contributed by atoms with Crippen LogP contribution in [0.2, 0.25) is 0 Å². The number of anilines is 1. The van der Waals surface area contributed by atoms with E-state index in [2.05, 4.69) is 5.32 Å². The summed E-state index contributed by atoms with van der Waals surface area (Å²) in [6, 6.07) is 11.8. The summed E-state index contributed by atoms with van der Waals surface area (Å²) in [5.41, 5.74) is 1.96. The monoisotopic (exact) mass is 314 g/mol. The lowest BCUT2D eigenvalue weighted by atomic mass is 10.1. The van der Waals surface area contributed by atoms with Crippen molar-refractivity contribution in [3.8, 4) is 5.75 Å². The van der Waals surface area contributed by atoms with Crippen molar-refractivity contribution in [2.45, 2.75) is 20.3 Å². The fourth-order valence-corrected chi connectivity index (χ4v) is 2.20. The molecule has 0 bridgehead atoms. The minimum atomic E-state index is -0.444. The fourth-order valence-electron chi connectivity index (χ4n) is 2.20. The van der Waals surface area contributed by atoms with E-state index in [-0.39, 0.29) is 18.0 Å². The van der Waals surface area contributed by atoms with Gasteiger partial charge in [-0.25, -0.2) is 0 Å². The molecule has 120 valence electrons. The minimum absolute atomic E-state index is 0.0366. The van der Waals surface area contributed by atoms with Gasteiger partial charge >= 0.3 is 0 Å². The second kappa shape index (κ2) is 7.40. The zero-order chi connectivity index (χ0) is 16.8. The van der Waals surface area contributed by atoms with Gasteiger partial charge < -0.3 is 10.1 Å². The van der Waals surface area contributed by atoms with Crippen LogP contribution < -0.4 is 10.1 Å². The maximum atomic E-state index is 12.0. The first-order chi connectivity index (χ1) is 11.0. The molecule has 0 heterocycles. The molecule has 0 aliphatic heterocycles. The average molecular weight is 314 g/mol. The number of ether oxygens (including phenoxy) is 1.